The van der Waals surface area contributed by atoms with E-state index < -0.39 is 5.97 Å². The molecule has 1 aromatic rings. The van der Waals surface area contributed by atoms with Crippen molar-refractivity contribution >= 4 is 17.6 Å². The summed E-state index contributed by atoms with van der Waals surface area (Å²) in [6, 6.07) is 3.01. The highest BCUT2D eigenvalue weighted by atomic mass is 35.5. The van der Waals surface area contributed by atoms with Crippen molar-refractivity contribution in [3.8, 4) is 6.07 Å². The number of pyridine rings is 1. The first-order chi connectivity index (χ1) is 6.06. The lowest BCUT2D eigenvalue weighted by Crippen LogP contribution is -2.03. The van der Waals surface area contributed by atoms with E-state index in [-0.39, 0.29) is 16.3 Å². The number of carboxylic acids is 1. The average molecular weight is 197 g/mol. The van der Waals surface area contributed by atoms with Gasteiger partial charge in [0.15, 0.2) is 0 Å². The van der Waals surface area contributed by atoms with Crippen LogP contribution in [0.1, 0.15) is 21.6 Å². The second kappa shape index (κ2) is 3.42. The maximum atomic E-state index is 10.6. The molecule has 4 nitrogen and oxygen atoms in total. The first-order valence-corrected chi connectivity index (χ1v) is 3.74. The summed E-state index contributed by atoms with van der Waals surface area (Å²) in [5.41, 5.74) is 0.265. The van der Waals surface area contributed by atoms with Gasteiger partial charge >= 0.3 is 5.97 Å². The van der Waals surface area contributed by atoms with Gasteiger partial charge in [-0.15, -0.1) is 0 Å². The van der Waals surface area contributed by atoms with Gasteiger partial charge in [-0.05, 0) is 13.0 Å². The molecule has 1 heterocycles. The Hall–Kier alpha value is -1.60. The number of hydrogen-bond acceptors (Lipinski definition) is 3. The molecule has 66 valence electrons. The summed E-state index contributed by atoms with van der Waals surface area (Å²) in [4.78, 5) is 14.4. The zero-order valence-corrected chi connectivity index (χ0v) is 7.46. The lowest BCUT2D eigenvalue weighted by atomic mass is 10.1. The van der Waals surface area contributed by atoms with Gasteiger partial charge in [-0.1, -0.05) is 11.6 Å². The number of hydrogen-bond donors (Lipinski definition) is 1. The fourth-order valence-corrected chi connectivity index (χ4v) is 1.19. The second-order valence-corrected chi connectivity index (χ2v) is 2.75. The van der Waals surface area contributed by atoms with Gasteiger partial charge in [-0.2, -0.15) is 5.26 Å². The van der Waals surface area contributed by atoms with Gasteiger partial charge in [0.1, 0.15) is 16.8 Å². The van der Waals surface area contributed by atoms with Crippen LogP contribution >= 0.6 is 11.6 Å². The van der Waals surface area contributed by atoms with Crippen molar-refractivity contribution in [3.63, 3.8) is 0 Å². The smallest absolute Gasteiger partial charge is 0.337 e. The van der Waals surface area contributed by atoms with E-state index in [1.165, 1.54) is 6.07 Å². The molecular formula is C8H5ClN2O2. The van der Waals surface area contributed by atoms with Gasteiger partial charge in [-0.25, -0.2) is 9.78 Å². The van der Waals surface area contributed by atoms with E-state index in [1.54, 1.807) is 13.0 Å². The molecule has 0 saturated heterocycles. The minimum atomic E-state index is -1.18. The third kappa shape index (κ3) is 1.76. The summed E-state index contributed by atoms with van der Waals surface area (Å²) in [5.74, 6) is -1.18. The molecule has 1 N–H and O–H groups in total. The van der Waals surface area contributed by atoms with E-state index in [4.69, 9.17) is 22.0 Å². The Kier molecular flexibility index (Phi) is 2.49. The average Bonchev–Trinajstić information content (AvgIpc) is 2.02. The van der Waals surface area contributed by atoms with Crippen molar-refractivity contribution in [3.05, 3.63) is 28.0 Å². The van der Waals surface area contributed by atoms with Gasteiger partial charge in [0.25, 0.3) is 0 Å². The molecule has 0 fully saturated rings. The normalized spacial score (nSPS) is 9.31. The monoisotopic (exact) mass is 196 g/mol. The number of carbonyl (C=O) groups is 1. The van der Waals surface area contributed by atoms with Crippen LogP contribution in [-0.2, 0) is 0 Å². The number of nitriles is 1. The van der Waals surface area contributed by atoms with Gasteiger partial charge in [0.2, 0.25) is 0 Å². The van der Waals surface area contributed by atoms with Crippen LogP contribution in [0.4, 0.5) is 0 Å². The van der Waals surface area contributed by atoms with Crippen LogP contribution in [0.25, 0.3) is 0 Å². The van der Waals surface area contributed by atoms with E-state index in [2.05, 4.69) is 4.98 Å². The van der Waals surface area contributed by atoms with E-state index in [1.807, 2.05) is 0 Å². The third-order valence-electron chi connectivity index (χ3n) is 1.45. The van der Waals surface area contributed by atoms with Gasteiger partial charge < -0.3 is 5.11 Å². The minimum Gasteiger partial charge on any atom is -0.478 e. The molecular weight excluding hydrogens is 192 g/mol. The highest BCUT2D eigenvalue weighted by Gasteiger charge is 2.14. The molecule has 5 heteroatoms. The van der Waals surface area contributed by atoms with Gasteiger partial charge in [0.05, 0.1) is 5.56 Å². The van der Waals surface area contributed by atoms with Crippen molar-refractivity contribution in [2.24, 2.45) is 0 Å². The number of nitrogens with zero attached hydrogens (tertiary/aromatic N) is 2. The van der Waals surface area contributed by atoms with Gasteiger partial charge in [-0.3, -0.25) is 0 Å². The van der Waals surface area contributed by atoms with Crippen LogP contribution in [0.5, 0.6) is 0 Å². The van der Waals surface area contributed by atoms with E-state index in [0.717, 1.165) is 0 Å². The van der Waals surface area contributed by atoms with Crippen LogP contribution in [-0.4, -0.2) is 16.1 Å². The molecule has 0 aromatic carbocycles. The van der Waals surface area contributed by atoms with Crippen molar-refractivity contribution in [2.45, 2.75) is 6.92 Å². The molecule has 0 radical (unpaired) electrons. The second-order valence-electron chi connectivity index (χ2n) is 2.39. The molecule has 0 aliphatic rings. The van der Waals surface area contributed by atoms with Crippen molar-refractivity contribution in [1.82, 2.24) is 4.98 Å². The number of rotatable bonds is 1. The molecule has 0 atom stereocenters. The SMILES string of the molecule is Cc1cc(C(=O)O)c(C#N)c(Cl)n1. The van der Waals surface area contributed by atoms with E-state index in [9.17, 15) is 4.79 Å². The lowest BCUT2D eigenvalue weighted by Gasteiger charge is -2.01. The van der Waals surface area contributed by atoms with Crippen molar-refractivity contribution < 1.29 is 9.90 Å². The van der Waals surface area contributed by atoms with Crippen molar-refractivity contribution in [2.75, 3.05) is 0 Å². The quantitative estimate of drug-likeness (QED) is 0.693. The first-order valence-electron chi connectivity index (χ1n) is 3.36. The zero-order valence-electron chi connectivity index (χ0n) is 6.71. The molecule has 0 aliphatic carbocycles. The topological polar surface area (TPSA) is 74.0 Å². The molecule has 1 rings (SSSR count). The molecule has 0 aliphatic heterocycles. The van der Waals surface area contributed by atoms with E-state index in [0.29, 0.717) is 5.69 Å². The largest absolute Gasteiger partial charge is 0.478 e. The number of aromatic carboxylic acids is 1. The maximum absolute atomic E-state index is 10.6. The van der Waals surface area contributed by atoms with Crippen LogP contribution in [0.15, 0.2) is 6.07 Å². The molecule has 0 amide bonds. The van der Waals surface area contributed by atoms with Crippen LogP contribution in [0, 0.1) is 18.3 Å². The molecule has 0 spiro atoms. The summed E-state index contributed by atoms with van der Waals surface area (Å²) >= 11 is 5.58. The van der Waals surface area contributed by atoms with Crippen molar-refractivity contribution in [1.29, 1.82) is 5.26 Å². The molecule has 13 heavy (non-hydrogen) atoms. The molecule has 1 aromatic heterocycles. The number of aromatic nitrogens is 1. The number of aryl methyl sites for hydroxylation is 1. The summed E-state index contributed by atoms with van der Waals surface area (Å²) in [5, 5.41) is 17.2. The molecule has 0 bridgehead atoms. The maximum Gasteiger partial charge on any atom is 0.337 e. The highest BCUT2D eigenvalue weighted by molar-refractivity contribution is 6.31. The fraction of sp³-hybridized carbons (Fsp3) is 0.125. The Morgan fingerprint density at radius 1 is 1.77 bits per heavy atom. The molecule has 0 unspecified atom stereocenters. The zero-order chi connectivity index (χ0) is 10.0. The minimum absolute atomic E-state index is 0.0695. The summed E-state index contributed by atoms with van der Waals surface area (Å²) in [7, 11) is 0. The van der Waals surface area contributed by atoms with Gasteiger partial charge in [0, 0.05) is 5.69 Å². The first kappa shape index (κ1) is 9.49. The van der Waals surface area contributed by atoms with E-state index >= 15 is 0 Å². The summed E-state index contributed by atoms with van der Waals surface area (Å²) in [6.45, 7) is 1.61. The number of halogens is 1. The Morgan fingerprint density at radius 2 is 2.38 bits per heavy atom. The Morgan fingerprint density at radius 3 is 2.85 bits per heavy atom. The Labute approximate surface area is 79.4 Å². The van der Waals surface area contributed by atoms with Crippen LogP contribution < -0.4 is 0 Å². The van der Waals surface area contributed by atoms with Crippen LogP contribution in [0.3, 0.4) is 0 Å². The lowest BCUT2D eigenvalue weighted by molar-refractivity contribution is 0.0696. The predicted molar refractivity (Wildman–Crippen MR) is 45.7 cm³/mol. The standard InChI is InChI=1S/C8H5ClN2O2/c1-4-2-5(8(12)13)6(3-10)7(9)11-4/h2H,1H3,(H,12,13). The highest BCUT2D eigenvalue weighted by Crippen LogP contribution is 2.17. The summed E-state index contributed by atoms with van der Waals surface area (Å²) in [6.07, 6.45) is 0. The number of carboxylic acid groups (broad SMARTS) is 1. The Bertz CT molecular complexity index is 409. The van der Waals surface area contributed by atoms with Crippen LogP contribution in [0.2, 0.25) is 5.15 Å². The molecule has 0 saturated carbocycles. The third-order valence-corrected chi connectivity index (χ3v) is 1.72. The predicted octanol–water partition coefficient (Wildman–Crippen LogP) is 1.61. The Balaban J connectivity index is 3.50. The summed E-state index contributed by atoms with van der Waals surface area (Å²) < 4.78 is 0. The fourth-order valence-electron chi connectivity index (χ4n) is 0.910.